The van der Waals surface area contributed by atoms with Crippen LogP contribution < -0.4 is 5.32 Å². The zero-order valence-electron chi connectivity index (χ0n) is 15.6. The Bertz CT molecular complexity index is 1010. The fourth-order valence-corrected chi connectivity index (χ4v) is 5.96. The highest BCUT2D eigenvalue weighted by Crippen LogP contribution is 2.29. The number of aryl methyl sites for hydroxylation is 2. The normalized spacial score (nSPS) is 17.3. The molecule has 0 saturated carbocycles. The second-order valence-corrected chi connectivity index (χ2v) is 9.71. The number of fused-ring (bicyclic) bond motifs is 1. The fourth-order valence-electron chi connectivity index (χ4n) is 3.94. The van der Waals surface area contributed by atoms with E-state index in [2.05, 4.69) is 5.32 Å². The minimum Gasteiger partial charge on any atom is -0.322 e. The summed E-state index contributed by atoms with van der Waals surface area (Å²) in [4.78, 5) is 12.7. The molecule has 0 spiro atoms. The molecule has 28 heavy (non-hydrogen) atoms. The smallest absolute Gasteiger partial charge is 0.255 e. The average Bonchev–Trinajstić information content (AvgIpc) is 3.16. The molecular weight excluding hydrogens is 396 g/mol. The monoisotopic (exact) mass is 418 g/mol. The number of benzene rings is 2. The first-order valence-corrected chi connectivity index (χ1v) is 11.5. The molecule has 0 radical (unpaired) electrons. The predicted octanol–water partition coefficient (Wildman–Crippen LogP) is 4.26. The van der Waals surface area contributed by atoms with Crippen molar-refractivity contribution in [3.05, 3.63) is 58.1 Å². The van der Waals surface area contributed by atoms with E-state index in [0.29, 0.717) is 13.1 Å². The lowest BCUT2D eigenvalue weighted by molar-refractivity contribution is 0.102. The summed E-state index contributed by atoms with van der Waals surface area (Å²) in [6.07, 6.45) is 5.96. The standard InChI is InChI=1S/C21H23ClN2O3S/c22-19-10-8-17(14-20(19)28(26,27)24-11-2-1-3-12-24)21(25)23-18-9-7-15-5-4-6-16(15)13-18/h7-10,13-14H,1-6,11-12H2,(H,23,25). The molecule has 1 amide bonds. The number of hydrogen-bond donors (Lipinski definition) is 1. The second kappa shape index (κ2) is 7.85. The molecule has 1 aliphatic heterocycles. The van der Waals surface area contributed by atoms with Gasteiger partial charge in [0.15, 0.2) is 0 Å². The largest absolute Gasteiger partial charge is 0.322 e. The molecule has 0 bridgehead atoms. The molecule has 1 heterocycles. The lowest BCUT2D eigenvalue weighted by Crippen LogP contribution is -2.35. The molecule has 1 N–H and O–H groups in total. The minimum absolute atomic E-state index is 0.00216. The Hall–Kier alpha value is -1.89. The Morgan fingerprint density at radius 2 is 1.68 bits per heavy atom. The molecule has 5 nitrogen and oxygen atoms in total. The Balaban J connectivity index is 1.58. The van der Waals surface area contributed by atoms with Crippen LogP contribution >= 0.6 is 11.6 Å². The van der Waals surface area contributed by atoms with Gasteiger partial charge in [0.2, 0.25) is 10.0 Å². The predicted molar refractivity (Wildman–Crippen MR) is 110 cm³/mol. The number of sulfonamides is 1. The van der Waals surface area contributed by atoms with Crippen molar-refractivity contribution in [1.29, 1.82) is 0 Å². The number of piperidine rings is 1. The third kappa shape index (κ3) is 3.81. The van der Waals surface area contributed by atoms with Crippen LogP contribution in [0.5, 0.6) is 0 Å². The summed E-state index contributed by atoms with van der Waals surface area (Å²) in [6, 6.07) is 10.4. The van der Waals surface area contributed by atoms with E-state index in [0.717, 1.165) is 44.2 Å². The van der Waals surface area contributed by atoms with E-state index in [1.165, 1.54) is 27.6 Å². The van der Waals surface area contributed by atoms with Crippen LogP contribution in [0.25, 0.3) is 0 Å². The van der Waals surface area contributed by atoms with Crippen LogP contribution in [-0.2, 0) is 22.9 Å². The summed E-state index contributed by atoms with van der Waals surface area (Å²) >= 11 is 6.19. The van der Waals surface area contributed by atoms with Gasteiger partial charge in [0.1, 0.15) is 4.90 Å². The molecule has 1 saturated heterocycles. The van der Waals surface area contributed by atoms with Crippen molar-refractivity contribution < 1.29 is 13.2 Å². The molecule has 1 fully saturated rings. The topological polar surface area (TPSA) is 66.5 Å². The van der Waals surface area contributed by atoms with E-state index in [1.807, 2.05) is 18.2 Å². The molecular formula is C21H23ClN2O3S. The highest BCUT2D eigenvalue weighted by molar-refractivity contribution is 7.89. The summed E-state index contributed by atoms with van der Waals surface area (Å²) in [6.45, 7) is 0.981. The second-order valence-electron chi connectivity index (χ2n) is 7.40. The molecule has 2 aromatic rings. The summed E-state index contributed by atoms with van der Waals surface area (Å²) in [7, 11) is -3.71. The number of nitrogens with one attached hydrogen (secondary N) is 1. The number of halogens is 1. The van der Waals surface area contributed by atoms with Crippen molar-refractivity contribution in [2.45, 2.75) is 43.4 Å². The minimum atomic E-state index is -3.71. The Morgan fingerprint density at radius 1 is 0.929 bits per heavy atom. The molecule has 4 rings (SSSR count). The molecule has 148 valence electrons. The zero-order valence-corrected chi connectivity index (χ0v) is 17.2. The van der Waals surface area contributed by atoms with Gasteiger partial charge in [0.05, 0.1) is 5.02 Å². The van der Waals surface area contributed by atoms with Crippen molar-refractivity contribution in [3.63, 3.8) is 0 Å². The number of amides is 1. The van der Waals surface area contributed by atoms with Gasteiger partial charge in [-0.05, 0) is 73.6 Å². The number of carbonyl (C=O) groups is 1. The van der Waals surface area contributed by atoms with Crippen LogP contribution in [0.15, 0.2) is 41.3 Å². The van der Waals surface area contributed by atoms with E-state index in [9.17, 15) is 13.2 Å². The van der Waals surface area contributed by atoms with Gasteiger partial charge >= 0.3 is 0 Å². The van der Waals surface area contributed by atoms with Crippen LogP contribution in [0.4, 0.5) is 5.69 Å². The van der Waals surface area contributed by atoms with Gasteiger partial charge < -0.3 is 5.32 Å². The molecule has 0 unspecified atom stereocenters. The van der Waals surface area contributed by atoms with Crippen molar-refractivity contribution in [1.82, 2.24) is 4.31 Å². The van der Waals surface area contributed by atoms with Crippen LogP contribution in [0.3, 0.4) is 0 Å². The number of rotatable bonds is 4. The quantitative estimate of drug-likeness (QED) is 0.806. The number of hydrogen-bond acceptors (Lipinski definition) is 3. The SMILES string of the molecule is O=C(Nc1ccc2c(c1)CCC2)c1ccc(Cl)c(S(=O)(=O)N2CCCCC2)c1. The van der Waals surface area contributed by atoms with E-state index >= 15 is 0 Å². The Kier molecular flexibility index (Phi) is 5.45. The third-order valence-electron chi connectivity index (χ3n) is 5.48. The van der Waals surface area contributed by atoms with Gasteiger partial charge in [-0.15, -0.1) is 0 Å². The molecule has 2 aliphatic rings. The number of nitrogens with zero attached hydrogens (tertiary/aromatic N) is 1. The zero-order chi connectivity index (χ0) is 19.7. The van der Waals surface area contributed by atoms with Gasteiger partial charge in [-0.3, -0.25) is 4.79 Å². The molecule has 1 aliphatic carbocycles. The molecule has 2 aromatic carbocycles. The van der Waals surface area contributed by atoms with Crippen LogP contribution in [0, 0.1) is 0 Å². The van der Waals surface area contributed by atoms with Gasteiger partial charge in [-0.1, -0.05) is 24.1 Å². The Labute approximate surface area is 170 Å². The van der Waals surface area contributed by atoms with E-state index < -0.39 is 10.0 Å². The summed E-state index contributed by atoms with van der Waals surface area (Å²) in [5.41, 5.74) is 3.60. The van der Waals surface area contributed by atoms with Gasteiger partial charge in [-0.25, -0.2) is 8.42 Å². The van der Waals surface area contributed by atoms with Crippen LogP contribution in [-0.4, -0.2) is 31.7 Å². The lowest BCUT2D eigenvalue weighted by atomic mass is 10.1. The van der Waals surface area contributed by atoms with Gasteiger partial charge in [0.25, 0.3) is 5.91 Å². The average molecular weight is 419 g/mol. The van der Waals surface area contributed by atoms with E-state index in [-0.39, 0.29) is 21.4 Å². The number of anilines is 1. The molecule has 0 aromatic heterocycles. The highest BCUT2D eigenvalue weighted by atomic mass is 35.5. The molecule has 7 heteroatoms. The van der Waals surface area contributed by atoms with Crippen molar-refractivity contribution >= 4 is 33.2 Å². The van der Waals surface area contributed by atoms with Gasteiger partial charge in [0, 0.05) is 24.3 Å². The molecule has 0 atom stereocenters. The Morgan fingerprint density at radius 3 is 2.46 bits per heavy atom. The van der Waals surface area contributed by atoms with Crippen molar-refractivity contribution in [3.8, 4) is 0 Å². The lowest BCUT2D eigenvalue weighted by Gasteiger charge is -2.26. The number of carbonyl (C=O) groups excluding carboxylic acids is 1. The van der Waals surface area contributed by atoms with Crippen molar-refractivity contribution in [2.75, 3.05) is 18.4 Å². The van der Waals surface area contributed by atoms with Crippen LogP contribution in [0.1, 0.15) is 47.2 Å². The summed E-state index contributed by atoms with van der Waals surface area (Å²) in [5.74, 6) is -0.343. The maximum absolute atomic E-state index is 13.0. The third-order valence-corrected chi connectivity index (χ3v) is 7.86. The maximum atomic E-state index is 13.0. The van der Waals surface area contributed by atoms with E-state index in [1.54, 1.807) is 6.07 Å². The first-order valence-electron chi connectivity index (χ1n) is 9.68. The highest BCUT2D eigenvalue weighted by Gasteiger charge is 2.28. The maximum Gasteiger partial charge on any atom is 0.255 e. The first-order chi connectivity index (χ1) is 13.4. The summed E-state index contributed by atoms with van der Waals surface area (Å²) in [5, 5.41) is 3.01. The first kappa shape index (κ1) is 19.4. The fraction of sp³-hybridized carbons (Fsp3) is 0.381. The van der Waals surface area contributed by atoms with Crippen molar-refractivity contribution in [2.24, 2.45) is 0 Å². The van der Waals surface area contributed by atoms with Crippen LogP contribution in [0.2, 0.25) is 5.02 Å². The van der Waals surface area contributed by atoms with Gasteiger partial charge in [-0.2, -0.15) is 4.31 Å². The summed E-state index contributed by atoms with van der Waals surface area (Å²) < 4.78 is 27.4. The van der Waals surface area contributed by atoms with E-state index in [4.69, 9.17) is 11.6 Å².